The highest BCUT2D eigenvalue weighted by molar-refractivity contribution is 7.18. The van der Waals surface area contributed by atoms with Crippen molar-refractivity contribution in [2.24, 2.45) is 5.73 Å². The molecule has 1 amide bonds. The zero-order chi connectivity index (χ0) is 11.7. The van der Waals surface area contributed by atoms with Crippen LogP contribution < -0.4 is 5.73 Å². The van der Waals surface area contributed by atoms with Crippen molar-refractivity contribution < 1.29 is 15.0 Å². The zero-order valence-electron chi connectivity index (χ0n) is 8.20. The molecule has 0 saturated heterocycles. The fraction of sp³-hybridized carbons (Fsp3) is 0.200. The third kappa shape index (κ3) is 1.90. The lowest BCUT2D eigenvalue weighted by atomic mass is 10.2. The smallest absolute Gasteiger partial charge is 0.249 e. The van der Waals surface area contributed by atoms with E-state index in [0.717, 1.165) is 10.2 Å². The number of aliphatic hydroxyl groups excluding tert-OH is 2. The third-order valence-electron chi connectivity index (χ3n) is 2.15. The first kappa shape index (κ1) is 11.0. The number of para-hydroxylation sites is 1. The number of hydrogen-bond acceptors (Lipinski definition) is 5. The number of amides is 1. The van der Waals surface area contributed by atoms with E-state index in [0.29, 0.717) is 0 Å². The third-order valence-corrected chi connectivity index (χ3v) is 3.26. The van der Waals surface area contributed by atoms with E-state index >= 15 is 0 Å². The van der Waals surface area contributed by atoms with Crippen molar-refractivity contribution in [3.05, 3.63) is 29.3 Å². The predicted octanol–water partition coefficient (Wildman–Crippen LogP) is 0.176. The van der Waals surface area contributed by atoms with Gasteiger partial charge in [0.1, 0.15) is 11.1 Å². The van der Waals surface area contributed by atoms with Gasteiger partial charge in [0.15, 0.2) is 6.10 Å². The molecule has 1 aromatic heterocycles. The largest absolute Gasteiger partial charge is 0.383 e. The quantitative estimate of drug-likeness (QED) is 0.710. The van der Waals surface area contributed by atoms with Crippen LogP contribution in [-0.4, -0.2) is 27.2 Å². The van der Waals surface area contributed by atoms with Crippen molar-refractivity contribution in [1.29, 1.82) is 0 Å². The molecule has 2 atom stereocenters. The van der Waals surface area contributed by atoms with Crippen molar-refractivity contribution in [2.75, 3.05) is 0 Å². The summed E-state index contributed by atoms with van der Waals surface area (Å²) in [6.07, 6.45) is -2.99. The average molecular weight is 238 g/mol. The van der Waals surface area contributed by atoms with Crippen molar-refractivity contribution in [2.45, 2.75) is 12.2 Å². The van der Waals surface area contributed by atoms with Gasteiger partial charge in [-0.15, -0.1) is 11.3 Å². The Labute approximate surface area is 95.2 Å². The second-order valence-electron chi connectivity index (χ2n) is 3.31. The molecule has 0 aliphatic heterocycles. The molecule has 1 aromatic carbocycles. The molecule has 0 saturated carbocycles. The molecule has 0 aliphatic carbocycles. The summed E-state index contributed by atoms with van der Waals surface area (Å²) >= 11 is 1.22. The van der Waals surface area contributed by atoms with Crippen molar-refractivity contribution in [1.82, 2.24) is 4.98 Å². The second kappa shape index (κ2) is 4.17. The van der Waals surface area contributed by atoms with E-state index in [4.69, 9.17) is 5.73 Å². The molecule has 2 unspecified atom stereocenters. The fourth-order valence-electron chi connectivity index (χ4n) is 1.31. The monoisotopic (exact) mass is 238 g/mol. The number of hydrogen-bond donors (Lipinski definition) is 3. The summed E-state index contributed by atoms with van der Waals surface area (Å²) in [5, 5.41) is 19.3. The van der Waals surface area contributed by atoms with E-state index in [1.807, 2.05) is 18.2 Å². The van der Waals surface area contributed by atoms with Crippen molar-refractivity contribution in [3.8, 4) is 0 Å². The Bertz CT molecular complexity index is 493. The molecule has 0 fully saturated rings. The van der Waals surface area contributed by atoms with Gasteiger partial charge in [-0.3, -0.25) is 4.79 Å². The minimum absolute atomic E-state index is 0.285. The Hall–Kier alpha value is -1.50. The predicted molar refractivity (Wildman–Crippen MR) is 59.8 cm³/mol. The van der Waals surface area contributed by atoms with Gasteiger partial charge in [0.05, 0.1) is 10.2 Å². The Kier molecular flexibility index (Phi) is 2.86. The minimum Gasteiger partial charge on any atom is -0.383 e. The van der Waals surface area contributed by atoms with Crippen LogP contribution in [0, 0.1) is 0 Å². The molecule has 0 bridgehead atoms. The number of nitrogens with two attached hydrogens (primary N) is 1. The normalized spacial score (nSPS) is 14.9. The molecule has 1 heterocycles. The number of nitrogens with zero attached hydrogens (tertiary/aromatic N) is 1. The van der Waals surface area contributed by atoms with Crippen LogP contribution in [0.1, 0.15) is 11.1 Å². The van der Waals surface area contributed by atoms with E-state index < -0.39 is 18.1 Å². The lowest BCUT2D eigenvalue weighted by Gasteiger charge is -2.11. The molecule has 4 N–H and O–H groups in total. The van der Waals surface area contributed by atoms with E-state index in [-0.39, 0.29) is 5.01 Å². The lowest BCUT2D eigenvalue weighted by Crippen LogP contribution is -2.33. The number of carbonyl (C=O) groups is 1. The number of carbonyl (C=O) groups excluding carboxylic acids is 1. The number of aromatic nitrogens is 1. The molecular formula is C10H10N2O3S. The maximum absolute atomic E-state index is 10.7. The van der Waals surface area contributed by atoms with Gasteiger partial charge in [0.25, 0.3) is 0 Å². The van der Waals surface area contributed by atoms with Crippen LogP contribution >= 0.6 is 11.3 Å². The maximum atomic E-state index is 10.7. The summed E-state index contributed by atoms with van der Waals surface area (Å²) in [6.45, 7) is 0. The number of primary amides is 1. The topological polar surface area (TPSA) is 96.4 Å². The number of aliphatic hydroxyl groups is 2. The van der Waals surface area contributed by atoms with Gasteiger partial charge in [-0.1, -0.05) is 12.1 Å². The first-order valence-corrected chi connectivity index (χ1v) is 5.42. The zero-order valence-corrected chi connectivity index (χ0v) is 9.02. The number of fused-ring (bicyclic) bond motifs is 1. The van der Waals surface area contributed by atoms with E-state index in [2.05, 4.69) is 4.98 Å². The second-order valence-corrected chi connectivity index (χ2v) is 4.37. The molecule has 0 spiro atoms. The van der Waals surface area contributed by atoms with E-state index in [1.165, 1.54) is 11.3 Å². The number of benzene rings is 1. The lowest BCUT2D eigenvalue weighted by molar-refractivity contribution is -0.131. The summed E-state index contributed by atoms with van der Waals surface area (Å²) < 4.78 is 0.883. The summed E-state index contributed by atoms with van der Waals surface area (Å²) in [5.74, 6) is -0.966. The van der Waals surface area contributed by atoms with E-state index in [9.17, 15) is 15.0 Å². The molecule has 84 valence electrons. The summed E-state index contributed by atoms with van der Waals surface area (Å²) in [6, 6.07) is 7.31. The molecule has 6 heteroatoms. The van der Waals surface area contributed by atoms with Gasteiger partial charge in [0.2, 0.25) is 5.91 Å². The van der Waals surface area contributed by atoms with Gasteiger partial charge in [-0.25, -0.2) is 4.98 Å². The SMILES string of the molecule is NC(=O)C(O)C(O)c1nc2ccccc2s1. The fourth-order valence-corrected chi connectivity index (χ4v) is 2.29. The summed E-state index contributed by atoms with van der Waals surface area (Å²) in [4.78, 5) is 14.8. The van der Waals surface area contributed by atoms with Gasteiger partial charge < -0.3 is 15.9 Å². The average Bonchev–Trinajstić information content (AvgIpc) is 2.70. The maximum Gasteiger partial charge on any atom is 0.249 e. The van der Waals surface area contributed by atoms with Crippen LogP contribution in [-0.2, 0) is 4.79 Å². The van der Waals surface area contributed by atoms with E-state index in [1.54, 1.807) is 6.07 Å². The van der Waals surface area contributed by atoms with Gasteiger partial charge >= 0.3 is 0 Å². The van der Waals surface area contributed by atoms with Crippen LogP contribution in [0.15, 0.2) is 24.3 Å². The van der Waals surface area contributed by atoms with Crippen LogP contribution in [0.3, 0.4) is 0 Å². The highest BCUT2D eigenvalue weighted by Crippen LogP contribution is 2.27. The molecule has 2 rings (SSSR count). The molecule has 0 aliphatic rings. The van der Waals surface area contributed by atoms with Gasteiger partial charge in [0, 0.05) is 0 Å². The standard InChI is InChI=1S/C10H10N2O3S/c11-9(15)7(13)8(14)10-12-5-3-1-2-4-6(5)16-10/h1-4,7-8,13-14H,(H2,11,15). The Morgan fingerprint density at radius 3 is 2.69 bits per heavy atom. The number of rotatable bonds is 3. The summed E-state index contributed by atoms with van der Waals surface area (Å²) in [7, 11) is 0. The van der Waals surface area contributed by atoms with Gasteiger partial charge in [-0.2, -0.15) is 0 Å². The first-order valence-electron chi connectivity index (χ1n) is 4.60. The Morgan fingerprint density at radius 1 is 1.38 bits per heavy atom. The van der Waals surface area contributed by atoms with Crippen LogP contribution in [0.5, 0.6) is 0 Å². The highest BCUT2D eigenvalue weighted by Gasteiger charge is 2.26. The molecular weight excluding hydrogens is 228 g/mol. The molecule has 16 heavy (non-hydrogen) atoms. The van der Waals surface area contributed by atoms with Crippen molar-refractivity contribution in [3.63, 3.8) is 0 Å². The van der Waals surface area contributed by atoms with Crippen LogP contribution in [0.2, 0.25) is 0 Å². The Morgan fingerprint density at radius 2 is 2.06 bits per heavy atom. The highest BCUT2D eigenvalue weighted by atomic mass is 32.1. The number of thiazole rings is 1. The first-order chi connectivity index (χ1) is 7.59. The van der Waals surface area contributed by atoms with Gasteiger partial charge in [-0.05, 0) is 12.1 Å². The molecule has 2 aromatic rings. The Balaban J connectivity index is 2.36. The van der Waals surface area contributed by atoms with Crippen LogP contribution in [0.25, 0.3) is 10.2 Å². The summed E-state index contributed by atoms with van der Waals surface area (Å²) in [5.41, 5.74) is 5.62. The minimum atomic E-state index is -1.62. The van der Waals surface area contributed by atoms with Crippen molar-refractivity contribution >= 4 is 27.5 Å². The molecule has 5 nitrogen and oxygen atoms in total. The molecule has 0 radical (unpaired) electrons. The van der Waals surface area contributed by atoms with Crippen LogP contribution in [0.4, 0.5) is 0 Å².